The van der Waals surface area contributed by atoms with Gasteiger partial charge >= 0.3 is 0 Å². The number of carbonyl (C=O) groups is 2. The van der Waals surface area contributed by atoms with Crippen LogP contribution in [0.25, 0.3) is 11.1 Å². The molecule has 2 aliphatic rings. The molecule has 162 valence electrons. The van der Waals surface area contributed by atoms with Crippen molar-refractivity contribution in [2.75, 3.05) is 0 Å². The largest absolute Gasteiger partial charge is 0.351 e. The third kappa shape index (κ3) is 3.91. The first-order chi connectivity index (χ1) is 15.7. The highest BCUT2D eigenvalue weighted by atomic mass is 16.2. The third-order valence-electron chi connectivity index (χ3n) is 6.52. The minimum absolute atomic E-state index is 0.110. The van der Waals surface area contributed by atoms with Crippen LogP contribution < -0.4 is 5.32 Å². The minimum Gasteiger partial charge on any atom is -0.351 e. The molecule has 1 aliphatic heterocycles. The molecule has 0 radical (unpaired) electrons. The lowest BCUT2D eigenvalue weighted by molar-refractivity contribution is -0.127. The van der Waals surface area contributed by atoms with Crippen LogP contribution in [-0.4, -0.2) is 27.7 Å². The zero-order valence-electron chi connectivity index (χ0n) is 18.0. The van der Waals surface area contributed by atoms with Crippen molar-refractivity contribution in [2.45, 2.75) is 50.7 Å². The van der Waals surface area contributed by atoms with Crippen molar-refractivity contribution < 1.29 is 9.59 Å². The number of benzene rings is 2. The van der Waals surface area contributed by atoms with E-state index in [2.05, 4.69) is 10.3 Å². The predicted molar refractivity (Wildman–Crippen MR) is 124 cm³/mol. The van der Waals surface area contributed by atoms with Gasteiger partial charge in [0.05, 0.1) is 0 Å². The fourth-order valence-electron chi connectivity index (χ4n) is 4.95. The molecule has 1 aromatic heterocycles. The summed E-state index contributed by atoms with van der Waals surface area (Å²) in [4.78, 5) is 33.7. The molecule has 1 atom stereocenters. The van der Waals surface area contributed by atoms with Crippen molar-refractivity contribution in [1.82, 2.24) is 15.2 Å². The number of amides is 2. The van der Waals surface area contributed by atoms with Crippen LogP contribution in [-0.2, 0) is 11.3 Å². The lowest BCUT2D eigenvalue weighted by Crippen LogP contribution is -2.46. The van der Waals surface area contributed by atoms with E-state index in [0.29, 0.717) is 12.2 Å². The number of pyridine rings is 1. The van der Waals surface area contributed by atoms with Crippen molar-refractivity contribution in [1.29, 1.82) is 0 Å². The molecule has 2 amide bonds. The molecule has 32 heavy (non-hydrogen) atoms. The first-order valence-corrected chi connectivity index (χ1v) is 11.4. The highest BCUT2D eigenvalue weighted by molar-refractivity contribution is 6.04. The second kappa shape index (κ2) is 8.95. The van der Waals surface area contributed by atoms with E-state index < -0.39 is 6.04 Å². The molecule has 2 heterocycles. The molecule has 3 aromatic rings. The van der Waals surface area contributed by atoms with Gasteiger partial charge in [0, 0.05) is 24.3 Å². The maximum absolute atomic E-state index is 13.8. The quantitative estimate of drug-likeness (QED) is 0.647. The van der Waals surface area contributed by atoms with Gasteiger partial charge in [-0.25, -0.2) is 0 Å². The summed E-state index contributed by atoms with van der Waals surface area (Å²) >= 11 is 0. The van der Waals surface area contributed by atoms with Crippen LogP contribution >= 0.6 is 0 Å². The maximum atomic E-state index is 13.8. The Labute approximate surface area is 188 Å². The van der Waals surface area contributed by atoms with E-state index in [1.54, 1.807) is 11.1 Å². The Morgan fingerprint density at radius 2 is 1.62 bits per heavy atom. The number of hydrogen-bond donors (Lipinski definition) is 1. The summed E-state index contributed by atoms with van der Waals surface area (Å²) in [5, 5.41) is 3.27. The highest BCUT2D eigenvalue weighted by Gasteiger charge is 2.39. The minimum atomic E-state index is -0.713. The summed E-state index contributed by atoms with van der Waals surface area (Å²) in [6.07, 6.45) is 7.12. The van der Waals surface area contributed by atoms with E-state index in [0.717, 1.165) is 47.9 Å². The summed E-state index contributed by atoms with van der Waals surface area (Å²) in [6.45, 7) is 0.340. The number of hydrogen-bond acceptors (Lipinski definition) is 3. The van der Waals surface area contributed by atoms with Crippen molar-refractivity contribution in [2.24, 2.45) is 0 Å². The Morgan fingerprint density at radius 1 is 0.906 bits per heavy atom. The van der Waals surface area contributed by atoms with E-state index in [1.165, 1.54) is 6.42 Å². The topological polar surface area (TPSA) is 62.3 Å². The Balaban J connectivity index is 1.61. The molecular formula is C27H27N3O2. The summed E-state index contributed by atoms with van der Waals surface area (Å²) in [6, 6.07) is 20.9. The number of nitrogens with one attached hydrogen (secondary N) is 1. The molecule has 0 bridgehead atoms. The molecule has 1 N–H and O–H groups in total. The van der Waals surface area contributed by atoms with Gasteiger partial charge in [0.1, 0.15) is 11.7 Å². The second-order valence-corrected chi connectivity index (χ2v) is 8.65. The molecule has 1 aliphatic carbocycles. The van der Waals surface area contributed by atoms with E-state index in [1.807, 2.05) is 66.7 Å². The first kappa shape index (κ1) is 20.4. The molecule has 1 unspecified atom stereocenters. The van der Waals surface area contributed by atoms with Gasteiger partial charge in [0.2, 0.25) is 5.91 Å². The van der Waals surface area contributed by atoms with Crippen molar-refractivity contribution in [3.8, 4) is 11.1 Å². The molecule has 1 saturated carbocycles. The fourth-order valence-corrected chi connectivity index (χ4v) is 4.95. The molecule has 1 fully saturated rings. The summed E-state index contributed by atoms with van der Waals surface area (Å²) in [5.74, 6) is -0.328. The SMILES string of the molecule is O=C(NC1CCCCC1)C1c2ccccc2-c2cccnc2C(=O)N1Cc1ccccc1. The fraction of sp³-hybridized carbons (Fsp3) is 0.296. The highest BCUT2D eigenvalue weighted by Crippen LogP contribution is 2.38. The standard InChI is InChI=1S/C27H27N3O2/c31-26(29-20-12-5-2-6-13-20)25-23-15-8-7-14-21(23)22-16-9-17-28-24(22)27(32)30(25)18-19-10-3-1-4-11-19/h1,3-4,7-11,14-17,20,25H,2,5-6,12-13,18H2,(H,29,31). The zero-order valence-corrected chi connectivity index (χ0v) is 18.0. The van der Waals surface area contributed by atoms with Crippen LogP contribution in [0.3, 0.4) is 0 Å². The Kier molecular flexibility index (Phi) is 5.71. The molecule has 0 spiro atoms. The Morgan fingerprint density at radius 3 is 2.44 bits per heavy atom. The maximum Gasteiger partial charge on any atom is 0.274 e. The normalized spacial score (nSPS) is 18.4. The van der Waals surface area contributed by atoms with Crippen LogP contribution in [0.4, 0.5) is 0 Å². The summed E-state index contributed by atoms with van der Waals surface area (Å²) in [7, 11) is 0. The van der Waals surface area contributed by atoms with Crippen LogP contribution in [0.15, 0.2) is 72.9 Å². The monoisotopic (exact) mass is 425 g/mol. The number of aromatic nitrogens is 1. The van der Waals surface area contributed by atoms with E-state index in [9.17, 15) is 9.59 Å². The van der Waals surface area contributed by atoms with E-state index in [4.69, 9.17) is 0 Å². The summed E-state index contributed by atoms with van der Waals surface area (Å²) in [5.41, 5.74) is 3.89. The van der Waals surface area contributed by atoms with Gasteiger partial charge in [-0.05, 0) is 35.6 Å². The second-order valence-electron chi connectivity index (χ2n) is 8.65. The smallest absolute Gasteiger partial charge is 0.274 e. The van der Waals surface area contributed by atoms with E-state index in [-0.39, 0.29) is 17.9 Å². The van der Waals surface area contributed by atoms with Crippen molar-refractivity contribution in [3.05, 3.63) is 89.7 Å². The van der Waals surface area contributed by atoms with Gasteiger partial charge in [-0.1, -0.05) is 79.9 Å². The molecular weight excluding hydrogens is 398 g/mol. The van der Waals surface area contributed by atoms with Gasteiger partial charge in [-0.3, -0.25) is 14.6 Å². The van der Waals surface area contributed by atoms with E-state index >= 15 is 0 Å². The van der Waals surface area contributed by atoms with Crippen LogP contribution in [0.2, 0.25) is 0 Å². The number of nitrogens with zero attached hydrogens (tertiary/aromatic N) is 2. The van der Waals surface area contributed by atoms with Crippen molar-refractivity contribution >= 4 is 11.8 Å². The van der Waals surface area contributed by atoms with Crippen molar-refractivity contribution in [3.63, 3.8) is 0 Å². The number of fused-ring (bicyclic) bond motifs is 3. The van der Waals surface area contributed by atoms with Gasteiger partial charge < -0.3 is 10.2 Å². The lowest BCUT2D eigenvalue weighted by atomic mass is 9.93. The van der Waals surface area contributed by atoms with Gasteiger partial charge in [-0.15, -0.1) is 0 Å². The Hall–Kier alpha value is -3.47. The average molecular weight is 426 g/mol. The molecule has 0 saturated heterocycles. The number of rotatable bonds is 4. The number of carbonyl (C=O) groups excluding carboxylic acids is 2. The van der Waals surface area contributed by atoms with Gasteiger partial charge in [-0.2, -0.15) is 0 Å². The zero-order chi connectivity index (χ0) is 21.9. The van der Waals surface area contributed by atoms with Crippen LogP contribution in [0.1, 0.15) is 59.8 Å². The van der Waals surface area contributed by atoms with Crippen LogP contribution in [0, 0.1) is 0 Å². The lowest BCUT2D eigenvalue weighted by Gasteiger charge is -2.32. The van der Waals surface area contributed by atoms with Gasteiger partial charge in [0.25, 0.3) is 5.91 Å². The van der Waals surface area contributed by atoms with Gasteiger partial charge in [0.15, 0.2) is 0 Å². The first-order valence-electron chi connectivity index (χ1n) is 11.4. The molecule has 5 nitrogen and oxygen atoms in total. The molecule has 5 heteroatoms. The average Bonchev–Trinajstić information content (AvgIpc) is 2.94. The molecule has 5 rings (SSSR count). The Bertz CT molecular complexity index is 1120. The summed E-state index contributed by atoms with van der Waals surface area (Å²) < 4.78 is 0. The van der Waals surface area contributed by atoms with Crippen LogP contribution in [0.5, 0.6) is 0 Å². The molecule has 2 aromatic carbocycles. The third-order valence-corrected chi connectivity index (χ3v) is 6.52. The predicted octanol–water partition coefficient (Wildman–Crippen LogP) is 4.89.